The van der Waals surface area contributed by atoms with Gasteiger partial charge in [-0.15, -0.1) is 0 Å². The Morgan fingerprint density at radius 1 is 1.13 bits per heavy atom. The number of pyridine rings is 1. The smallest absolute Gasteiger partial charge is 0.274 e. The number of halogens is 1. The van der Waals surface area contributed by atoms with E-state index in [-0.39, 0.29) is 22.8 Å². The summed E-state index contributed by atoms with van der Waals surface area (Å²) < 4.78 is 33.1. The number of carbonyl (C=O) groups excluding carboxylic acids is 1. The summed E-state index contributed by atoms with van der Waals surface area (Å²) in [6.45, 7) is 1.99. The molecule has 2 aromatic carbocycles. The second kappa shape index (κ2) is 9.15. The van der Waals surface area contributed by atoms with Gasteiger partial charge in [0, 0.05) is 17.8 Å². The Labute approximate surface area is 180 Å². The summed E-state index contributed by atoms with van der Waals surface area (Å²) in [6, 6.07) is 16.1. The minimum absolute atomic E-state index is 0.0170. The van der Waals surface area contributed by atoms with E-state index in [1.165, 1.54) is 41.9 Å². The van der Waals surface area contributed by atoms with Crippen LogP contribution in [0.15, 0.2) is 71.8 Å². The number of ether oxygens (including phenoxy) is 1. The number of hydrogen-bond acceptors (Lipinski definition) is 5. The third-order valence-electron chi connectivity index (χ3n) is 4.29. The van der Waals surface area contributed by atoms with Gasteiger partial charge in [0.1, 0.15) is 11.4 Å². The molecule has 1 N–H and O–H groups in total. The van der Waals surface area contributed by atoms with Crippen LogP contribution < -0.4 is 14.4 Å². The summed E-state index contributed by atoms with van der Waals surface area (Å²) in [5, 5.41) is 3.01. The van der Waals surface area contributed by atoms with Crippen LogP contribution in [0.5, 0.6) is 5.75 Å². The summed E-state index contributed by atoms with van der Waals surface area (Å²) in [7, 11) is -2.44. The number of carbonyl (C=O) groups is 1. The van der Waals surface area contributed by atoms with Crippen LogP contribution in [0.4, 0.5) is 11.4 Å². The van der Waals surface area contributed by atoms with Crippen LogP contribution in [0.3, 0.4) is 0 Å². The zero-order chi connectivity index (χ0) is 21.7. The molecule has 1 heterocycles. The fourth-order valence-corrected chi connectivity index (χ4v) is 4.53. The highest BCUT2D eigenvalue weighted by Crippen LogP contribution is 2.31. The van der Waals surface area contributed by atoms with Crippen molar-refractivity contribution in [3.63, 3.8) is 0 Å². The Bertz CT molecular complexity index is 1150. The molecule has 0 atom stereocenters. The normalized spacial score (nSPS) is 11.0. The first-order chi connectivity index (χ1) is 14.4. The van der Waals surface area contributed by atoms with Crippen molar-refractivity contribution in [1.82, 2.24) is 4.98 Å². The molecule has 0 saturated heterocycles. The van der Waals surface area contributed by atoms with Crippen LogP contribution >= 0.6 is 11.6 Å². The number of nitrogens with one attached hydrogen (secondary N) is 1. The largest absolute Gasteiger partial charge is 0.495 e. The van der Waals surface area contributed by atoms with Gasteiger partial charge in [-0.25, -0.2) is 8.42 Å². The lowest BCUT2D eigenvalue weighted by Crippen LogP contribution is -2.30. The molecule has 0 aliphatic heterocycles. The number of aromatic nitrogens is 1. The molecule has 1 amide bonds. The topological polar surface area (TPSA) is 88.6 Å². The predicted octanol–water partition coefficient (Wildman–Crippen LogP) is 4.21. The molecule has 3 rings (SSSR count). The van der Waals surface area contributed by atoms with Gasteiger partial charge in [-0.1, -0.05) is 29.8 Å². The van der Waals surface area contributed by atoms with Crippen molar-refractivity contribution in [1.29, 1.82) is 0 Å². The number of sulfonamides is 1. The van der Waals surface area contributed by atoms with Crippen molar-refractivity contribution in [2.45, 2.75) is 11.8 Å². The van der Waals surface area contributed by atoms with E-state index in [2.05, 4.69) is 10.3 Å². The molecule has 0 aliphatic rings. The maximum absolute atomic E-state index is 13.3. The number of amides is 1. The van der Waals surface area contributed by atoms with Gasteiger partial charge >= 0.3 is 0 Å². The zero-order valence-electron chi connectivity index (χ0n) is 16.4. The number of para-hydroxylation sites is 1. The fraction of sp³-hybridized carbons (Fsp3) is 0.143. The number of nitrogens with zero attached hydrogens (tertiary/aromatic N) is 2. The third-order valence-corrected chi connectivity index (χ3v) is 6.43. The maximum Gasteiger partial charge on any atom is 0.274 e. The van der Waals surface area contributed by atoms with Crippen LogP contribution in [0, 0.1) is 0 Å². The molecule has 156 valence electrons. The zero-order valence-corrected chi connectivity index (χ0v) is 17.9. The van der Waals surface area contributed by atoms with Gasteiger partial charge < -0.3 is 10.1 Å². The van der Waals surface area contributed by atoms with Crippen molar-refractivity contribution >= 4 is 38.9 Å². The van der Waals surface area contributed by atoms with Gasteiger partial charge in [-0.2, -0.15) is 0 Å². The van der Waals surface area contributed by atoms with E-state index in [1.54, 1.807) is 37.3 Å². The molecule has 0 unspecified atom stereocenters. The third kappa shape index (κ3) is 4.55. The number of anilines is 2. The SMILES string of the molecule is CCN(c1ccccc1)S(=O)(=O)c1ccc(OC)c(NC(=O)c2cc(Cl)ccn2)c1. The summed E-state index contributed by atoms with van der Waals surface area (Å²) in [5.74, 6) is -0.229. The lowest BCUT2D eigenvalue weighted by Gasteiger charge is -2.23. The molecule has 0 bridgehead atoms. The highest BCUT2D eigenvalue weighted by molar-refractivity contribution is 7.92. The molecular weight excluding hydrogens is 426 g/mol. The Hall–Kier alpha value is -3.10. The first kappa shape index (κ1) is 21.6. The van der Waals surface area contributed by atoms with Gasteiger partial charge in [0.2, 0.25) is 0 Å². The van der Waals surface area contributed by atoms with Crippen LogP contribution in [0.2, 0.25) is 5.02 Å². The van der Waals surface area contributed by atoms with E-state index >= 15 is 0 Å². The quantitative estimate of drug-likeness (QED) is 0.588. The molecule has 30 heavy (non-hydrogen) atoms. The first-order valence-corrected chi connectivity index (χ1v) is 10.9. The van der Waals surface area contributed by atoms with Gasteiger partial charge in [-0.3, -0.25) is 14.1 Å². The van der Waals surface area contributed by atoms with Crippen LogP contribution in [-0.2, 0) is 10.0 Å². The highest BCUT2D eigenvalue weighted by Gasteiger charge is 2.25. The van der Waals surface area contributed by atoms with E-state index in [0.717, 1.165) is 0 Å². The molecule has 9 heteroatoms. The number of hydrogen-bond donors (Lipinski definition) is 1. The summed E-state index contributed by atoms with van der Waals surface area (Å²) in [4.78, 5) is 16.6. The molecule has 0 saturated carbocycles. The molecule has 1 aromatic heterocycles. The summed E-state index contributed by atoms with van der Waals surface area (Å²) >= 11 is 5.92. The van der Waals surface area contributed by atoms with Crippen LogP contribution in [-0.4, -0.2) is 33.0 Å². The fourth-order valence-electron chi connectivity index (χ4n) is 2.87. The van der Waals surface area contributed by atoms with Gasteiger partial charge in [0.15, 0.2) is 0 Å². The average molecular weight is 446 g/mol. The monoisotopic (exact) mass is 445 g/mol. The number of benzene rings is 2. The molecule has 3 aromatic rings. The van der Waals surface area contributed by atoms with E-state index in [0.29, 0.717) is 16.5 Å². The average Bonchev–Trinajstić information content (AvgIpc) is 2.74. The Morgan fingerprint density at radius 3 is 2.50 bits per heavy atom. The van der Waals surface area contributed by atoms with Gasteiger partial charge in [0.05, 0.1) is 23.4 Å². The molecule has 7 nitrogen and oxygen atoms in total. The van der Waals surface area contributed by atoms with Gasteiger partial charge in [-0.05, 0) is 49.4 Å². The Kier molecular flexibility index (Phi) is 6.59. The summed E-state index contributed by atoms with van der Waals surface area (Å²) in [5.41, 5.74) is 0.844. The highest BCUT2D eigenvalue weighted by atomic mass is 35.5. The first-order valence-electron chi connectivity index (χ1n) is 9.05. The van der Waals surface area contributed by atoms with Crippen molar-refractivity contribution in [2.24, 2.45) is 0 Å². The Morgan fingerprint density at radius 2 is 1.87 bits per heavy atom. The molecule has 0 fully saturated rings. The number of rotatable bonds is 7. The van der Waals surface area contributed by atoms with Crippen molar-refractivity contribution in [3.05, 3.63) is 77.6 Å². The molecular formula is C21H20ClN3O4S. The van der Waals surface area contributed by atoms with E-state index in [1.807, 2.05) is 6.07 Å². The minimum Gasteiger partial charge on any atom is -0.495 e. The maximum atomic E-state index is 13.3. The van der Waals surface area contributed by atoms with E-state index in [9.17, 15) is 13.2 Å². The van der Waals surface area contributed by atoms with E-state index in [4.69, 9.17) is 16.3 Å². The van der Waals surface area contributed by atoms with Crippen LogP contribution in [0.1, 0.15) is 17.4 Å². The second-order valence-electron chi connectivity index (χ2n) is 6.18. The molecule has 0 spiro atoms. The Balaban J connectivity index is 1.98. The van der Waals surface area contributed by atoms with Crippen LogP contribution in [0.25, 0.3) is 0 Å². The van der Waals surface area contributed by atoms with E-state index < -0.39 is 15.9 Å². The standard InChI is InChI=1S/C21H20ClN3O4S/c1-3-25(16-7-5-4-6-8-16)30(27,28)17-9-10-20(29-2)18(14-17)24-21(26)19-13-15(22)11-12-23-19/h4-14H,3H2,1-2H3,(H,24,26). The lowest BCUT2D eigenvalue weighted by atomic mass is 10.2. The second-order valence-corrected chi connectivity index (χ2v) is 8.48. The minimum atomic E-state index is -3.87. The summed E-state index contributed by atoms with van der Waals surface area (Å²) in [6.07, 6.45) is 1.41. The predicted molar refractivity (Wildman–Crippen MR) is 117 cm³/mol. The van der Waals surface area contributed by atoms with Crippen molar-refractivity contribution < 1.29 is 17.9 Å². The molecule has 0 aliphatic carbocycles. The number of methoxy groups -OCH3 is 1. The van der Waals surface area contributed by atoms with Crippen molar-refractivity contribution in [3.8, 4) is 5.75 Å². The van der Waals surface area contributed by atoms with Gasteiger partial charge in [0.25, 0.3) is 15.9 Å². The van der Waals surface area contributed by atoms with Crippen molar-refractivity contribution in [2.75, 3.05) is 23.3 Å². The molecule has 0 radical (unpaired) electrons. The lowest BCUT2D eigenvalue weighted by molar-refractivity contribution is 0.102.